The molecule has 0 aliphatic rings. The number of hydrogen-bond acceptors (Lipinski definition) is 3. The number of carbonyl (C=O) groups excluding carboxylic acids is 1. The zero-order valence-electron chi connectivity index (χ0n) is 5.63. The van der Waals surface area contributed by atoms with Crippen LogP contribution in [0.25, 0.3) is 0 Å². The first-order valence-corrected chi connectivity index (χ1v) is 2.93. The Labute approximate surface area is 58.3 Å². The maximum Gasteiger partial charge on any atom is 0.185 e. The molecule has 0 aliphatic heterocycles. The van der Waals surface area contributed by atoms with Crippen molar-refractivity contribution < 1.29 is 14.3 Å². The molecule has 0 saturated carbocycles. The molecule has 1 aromatic heterocycles. The number of rotatable bonds is 2. The zero-order valence-corrected chi connectivity index (χ0v) is 5.63. The quantitative estimate of drug-likeness (QED) is 0.620. The lowest BCUT2D eigenvalue weighted by Gasteiger charge is -1.86. The van der Waals surface area contributed by atoms with Crippen molar-refractivity contribution in [3.63, 3.8) is 0 Å². The van der Waals surface area contributed by atoms with E-state index >= 15 is 0 Å². The molecule has 0 atom stereocenters. The van der Waals surface area contributed by atoms with Gasteiger partial charge in [-0.3, -0.25) is 4.79 Å². The van der Waals surface area contributed by atoms with Gasteiger partial charge in [-0.2, -0.15) is 0 Å². The highest BCUT2D eigenvalue weighted by molar-refractivity contribution is 5.71. The van der Waals surface area contributed by atoms with Crippen LogP contribution in [-0.2, 0) is 6.61 Å². The molecule has 1 N–H and O–H groups in total. The molecule has 1 heterocycles. The van der Waals surface area contributed by atoms with Crippen molar-refractivity contribution in [2.24, 2.45) is 0 Å². The van der Waals surface area contributed by atoms with Gasteiger partial charge in [-0.05, 0) is 13.0 Å². The monoisotopic (exact) mass is 140 g/mol. The molecule has 0 aromatic carbocycles. The van der Waals surface area contributed by atoms with Crippen molar-refractivity contribution in [2.75, 3.05) is 0 Å². The average molecular weight is 140 g/mol. The van der Waals surface area contributed by atoms with Gasteiger partial charge in [-0.15, -0.1) is 0 Å². The molecule has 1 aromatic rings. The van der Waals surface area contributed by atoms with Crippen LogP contribution in [0.1, 0.15) is 21.9 Å². The SMILES string of the molecule is Cc1oc(C=O)cc1CO. The maximum absolute atomic E-state index is 10.1. The molecule has 54 valence electrons. The van der Waals surface area contributed by atoms with E-state index in [9.17, 15) is 4.79 Å². The van der Waals surface area contributed by atoms with Gasteiger partial charge in [0.1, 0.15) is 5.76 Å². The molecule has 10 heavy (non-hydrogen) atoms. The van der Waals surface area contributed by atoms with E-state index in [0.29, 0.717) is 17.6 Å². The molecule has 0 bridgehead atoms. The number of aliphatic hydroxyl groups is 1. The summed E-state index contributed by atoms with van der Waals surface area (Å²) in [5.41, 5.74) is 0.669. The minimum Gasteiger partial charge on any atom is -0.458 e. The highest BCUT2D eigenvalue weighted by Crippen LogP contribution is 2.12. The summed E-state index contributed by atoms with van der Waals surface area (Å²) in [6.07, 6.45) is 0.617. The molecular weight excluding hydrogens is 132 g/mol. The van der Waals surface area contributed by atoms with Crippen LogP contribution in [-0.4, -0.2) is 11.4 Å². The van der Waals surface area contributed by atoms with E-state index in [1.165, 1.54) is 6.07 Å². The Kier molecular flexibility index (Phi) is 1.87. The van der Waals surface area contributed by atoms with E-state index in [2.05, 4.69) is 0 Å². The van der Waals surface area contributed by atoms with Crippen molar-refractivity contribution in [1.82, 2.24) is 0 Å². The topological polar surface area (TPSA) is 50.4 Å². The molecule has 0 amide bonds. The lowest BCUT2D eigenvalue weighted by atomic mass is 10.3. The summed E-state index contributed by atoms with van der Waals surface area (Å²) in [5.74, 6) is 0.867. The second-order valence-corrected chi connectivity index (χ2v) is 2.01. The Morgan fingerprint density at radius 3 is 2.80 bits per heavy atom. The summed E-state index contributed by atoms with van der Waals surface area (Å²) in [4.78, 5) is 10.1. The summed E-state index contributed by atoms with van der Waals surface area (Å²) >= 11 is 0. The standard InChI is InChI=1S/C7H8O3/c1-5-6(3-8)2-7(4-9)10-5/h2,4,8H,3H2,1H3. The molecule has 0 radical (unpaired) electrons. The largest absolute Gasteiger partial charge is 0.458 e. The van der Waals surface area contributed by atoms with Crippen LogP contribution in [0.2, 0.25) is 0 Å². The zero-order chi connectivity index (χ0) is 7.56. The van der Waals surface area contributed by atoms with E-state index in [1.54, 1.807) is 6.92 Å². The maximum atomic E-state index is 10.1. The van der Waals surface area contributed by atoms with Crippen LogP contribution < -0.4 is 0 Å². The molecule has 0 unspecified atom stereocenters. The lowest BCUT2D eigenvalue weighted by molar-refractivity contribution is 0.109. The first-order chi connectivity index (χ1) is 4.77. The lowest BCUT2D eigenvalue weighted by Crippen LogP contribution is -1.79. The second kappa shape index (κ2) is 2.66. The van der Waals surface area contributed by atoms with Gasteiger partial charge in [0.2, 0.25) is 0 Å². The van der Waals surface area contributed by atoms with Crippen molar-refractivity contribution >= 4 is 6.29 Å². The fraction of sp³-hybridized carbons (Fsp3) is 0.286. The normalized spacial score (nSPS) is 9.80. The number of aryl methyl sites for hydroxylation is 1. The van der Waals surface area contributed by atoms with Crippen molar-refractivity contribution in [1.29, 1.82) is 0 Å². The Balaban J connectivity index is 3.03. The Hall–Kier alpha value is -1.09. The summed E-state index contributed by atoms with van der Waals surface area (Å²) in [6, 6.07) is 1.53. The highest BCUT2D eigenvalue weighted by Gasteiger charge is 2.03. The van der Waals surface area contributed by atoms with Crippen molar-refractivity contribution in [3.8, 4) is 0 Å². The Morgan fingerprint density at radius 1 is 1.80 bits per heavy atom. The van der Waals surface area contributed by atoms with Gasteiger partial charge in [0.25, 0.3) is 0 Å². The summed E-state index contributed by atoms with van der Waals surface area (Å²) in [7, 11) is 0. The van der Waals surface area contributed by atoms with Gasteiger partial charge in [-0.1, -0.05) is 0 Å². The first-order valence-electron chi connectivity index (χ1n) is 2.93. The summed E-state index contributed by atoms with van der Waals surface area (Å²) in [6.45, 7) is 1.63. The third-order valence-electron chi connectivity index (χ3n) is 1.33. The van der Waals surface area contributed by atoms with Gasteiger partial charge >= 0.3 is 0 Å². The number of carbonyl (C=O) groups is 1. The van der Waals surface area contributed by atoms with Crippen LogP contribution >= 0.6 is 0 Å². The minimum absolute atomic E-state index is 0.0802. The highest BCUT2D eigenvalue weighted by atomic mass is 16.3. The summed E-state index contributed by atoms with van der Waals surface area (Å²) in [5, 5.41) is 8.65. The second-order valence-electron chi connectivity index (χ2n) is 2.01. The molecular formula is C7H8O3. The van der Waals surface area contributed by atoms with Crippen molar-refractivity contribution in [2.45, 2.75) is 13.5 Å². The van der Waals surface area contributed by atoms with Crippen molar-refractivity contribution in [3.05, 3.63) is 23.2 Å². The van der Waals surface area contributed by atoms with E-state index in [-0.39, 0.29) is 12.4 Å². The fourth-order valence-electron chi connectivity index (χ4n) is 0.760. The van der Waals surface area contributed by atoms with E-state index in [0.717, 1.165) is 0 Å². The van der Waals surface area contributed by atoms with Crippen LogP contribution in [0.3, 0.4) is 0 Å². The molecule has 0 spiro atoms. The van der Waals surface area contributed by atoms with Gasteiger partial charge in [0.05, 0.1) is 6.61 Å². The van der Waals surface area contributed by atoms with Crippen LogP contribution in [0, 0.1) is 6.92 Å². The van der Waals surface area contributed by atoms with E-state index in [1.807, 2.05) is 0 Å². The summed E-state index contributed by atoms with van der Waals surface area (Å²) < 4.78 is 4.93. The third kappa shape index (κ3) is 1.09. The fourth-order valence-corrected chi connectivity index (χ4v) is 0.760. The number of aliphatic hydroxyl groups excluding tert-OH is 1. The number of aldehydes is 1. The molecule has 1 rings (SSSR count). The average Bonchev–Trinajstić information content (AvgIpc) is 2.30. The molecule has 0 fully saturated rings. The first kappa shape index (κ1) is 7.02. The van der Waals surface area contributed by atoms with Crippen LogP contribution in [0.15, 0.2) is 10.5 Å². The smallest absolute Gasteiger partial charge is 0.185 e. The van der Waals surface area contributed by atoms with Crippen LogP contribution in [0.5, 0.6) is 0 Å². The molecule has 0 aliphatic carbocycles. The predicted molar refractivity (Wildman–Crippen MR) is 34.8 cm³/mol. The van der Waals surface area contributed by atoms with E-state index in [4.69, 9.17) is 9.52 Å². The van der Waals surface area contributed by atoms with E-state index < -0.39 is 0 Å². The Morgan fingerprint density at radius 2 is 2.50 bits per heavy atom. The van der Waals surface area contributed by atoms with Gasteiger partial charge in [0.15, 0.2) is 12.0 Å². The number of furan rings is 1. The molecule has 3 nitrogen and oxygen atoms in total. The number of hydrogen-bond donors (Lipinski definition) is 1. The van der Waals surface area contributed by atoms with Gasteiger partial charge in [0, 0.05) is 5.56 Å². The Bertz CT molecular complexity index is 237. The minimum atomic E-state index is -0.0802. The predicted octanol–water partition coefficient (Wildman–Crippen LogP) is 0.893. The van der Waals surface area contributed by atoms with Crippen LogP contribution in [0.4, 0.5) is 0 Å². The third-order valence-corrected chi connectivity index (χ3v) is 1.33. The van der Waals surface area contributed by atoms with Gasteiger partial charge in [-0.25, -0.2) is 0 Å². The van der Waals surface area contributed by atoms with Gasteiger partial charge < -0.3 is 9.52 Å². The molecule has 3 heteroatoms. The molecule has 0 saturated heterocycles.